The van der Waals surface area contributed by atoms with E-state index in [1.807, 2.05) is 18.2 Å². The fourth-order valence-electron chi connectivity index (χ4n) is 8.05. The van der Waals surface area contributed by atoms with Gasteiger partial charge in [0, 0.05) is 38.3 Å². The molecule has 0 saturated heterocycles. The summed E-state index contributed by atoms with van der Waals surface area (Å²) in [5.41, 5.74) is 16.6. The van der Waals surface area contributed by atoms with Crippen molar-refractivity contribution < 1.29 is 0 Å². The fraction of sp³-hybridized carbons (Fsp3) is 0.0625. The topological polar surface area (TPSA) is 38.7 Å². The van der Waals surface area contributed by atoms with E-state index in [1.165, 1.54) is 44.3 Å². The summed E-state index contributed by atoms with van der Waals surface area (Å²) in [6.07, 6.45) is 0. The van der Waals surface area contributed by atoms with Gasteiger partial charge in [-0.05, 0) is 51.6 Å². The third-order valence-electron chi connectivity index (χ3n) is 10.6. The highest BCUT2D eigenvalue weighted by Crippen LogP contribution is 2.53. The quantitative estimate of drug-likeness (QED) is 0.178. The van der Waals surface area contributed by atoms with Crippen LogP contribution in [0.15, 0.2) is 164 Å². The van der Waals surface area contributed by atoms with Crippen LogP contribution in [0.1, 0.15) is 25.0 Å². The molecule has 0 amide bonds. The number of nitrogens with zero attached hydrogens (tertiary/aromatic N) is 3. The Labute approximate surface area is 297 Å². The van der Waals surface area contributed by atoms with E-state index >= 15 is 0 Å². The lowest BCUT2D eigenvalue weighted by atomic mass is 9.78. The molecule has 0 fully saturated rings. The first-order valence-corrected chi connectivity index (χ1v) is 17.5. The summed E-state index contributed by atoms with van der Waals surface area (Å²) in [6.45, 7) is 4.66. The summed E-state index contributed by atoms with van der Waals surface area (Å²) in [5, 5.41) is 3.36. The van der Waals surface area contributed by atoms with Gasteiger partial charge in [0.15, 0.2) is 0 Å². The smallest absolute Gasteiger partial charge is 0.0972 e. The molecular weight excluding hydrogens is 619 g/mol. The lowest BCUT2D eigenvalue weighted by Crippen LogP contribution is -2.16. The van der Waals surface area contributed by atoms with Crippen molar-refractivity contribution in [2.24, 2.45) is 0 Å². The molecule has 0 unspecified atom stereocenters. The molecule has 3 heteroatoms. The monoisotopic (exact) mass is 651 g/mol. The molecule has 6 aromatic carbocycles. The molecule has 9 aromatic rings. The maximum absolute atomic E-state index is 5.22. The van der Waals surface area contributed by atoms with Crippen molar-refractivity contribution in [2.75, 3.05) is 0 Å². The molecule has 51 heavy (non-hydrogen) atoms. The van der Waals surface area contributed by atoms with Crippen LogP contribution in [0.3, 0.4) is 0 Å². The van der Waals surface area contributed by atoms with Crippen LogP contribution in [0.5, 0.6) is 0 Å². The molecule has 0 saturated carbocycles. The Morgan fingerprint density at radius 1 is 0.412 bits per heavy atom. The Hall–Kier alpha value is -6.45. The van der Waals surface area contributed by atoms with Gasteiger partial charge in [-0.25, -0.2) is 15.0 Å². The minimum atomic E-state index is -0.157. The number of hydrogen-bond donors (Lipinski definition) is 0. The molecule has 1 aliphatic carbocycles. The summed E-state index contributed by atoms with van der Waals surface area (Å²) in [6, 6.07) is 58.2. The van der Waals surface area contributed by atoms with E-state index in [-0.39, 0.29) is 5.41 Å². The zero-order chi connectivity index (χ0) is 34.1. The minimum absolute atomic E-state index is 0.157. The zero-order valence-corrected chi connectivity index (χ0v) is 28.4. The number of benzene rings is 6. The number of aromatic nitrogens is 3. The van der Waals surface area contributed by atoms with E-state index in [0.29, 0.717) is 0 Å². The molecule has 3 nitrogen and oxygen atoms in total. The van der Waals surface area contributed by atoms with Crippen molar-refractivity contribution in [3.63, 3.8) is 0 Å². The van der Waals surface area contributed by atoms with Gasteiger partial charge in [-0.3, -0.25) is 0 Å². The molecule has 0 spiro atoms. The Balaban J connectivity index is 1.01. The van der Waals surface area contributed by atoms with Gasteiger partial charge in [-0.1, -0.05) is 159 Å². The van der Waals surface area contributed by atoms with Gasteiger partial charge in [-0.15, -0.1) is 0 Å². The van der Waals surface area contributed by atoms with Crippen molar-refractivity contribution >= 4 is 32.7 Å². The minimum Gasteiger partial charge on any atom is -0.247 e. The average molecular weight is 652 g/mol. The van der Waals surface area contributed by atoms with Crippen LogP contribution in [0.4, 0.5) is 0 Å². The van der Waals surface area contributed by atoms with Gasteiger partial charge < -0.3 is 0 Å². The lowest BCUT2D eigenvalue weighted by Gasteiger charge is -2.25. The Morgan fingerprint density at radius 2 is 0.922 bits per heavy atom. The SMILES string of the molecule is CC1(C)c2ccccc2-c2nc3ccccc3c(-c3ccc(-c4ccc(-c5ccc6ccc7ccc(-c8ccccc8)nc7c6n5)cc4)cc3)c21. The second kappa shape index (κ2) is 11.3. The van der Waals surface area contributed by atoms with Gasteiger partial charge in [0.1, 0.15) is 0 Å². The maximum atomic E-state index is 5.22. The van der Waals surface area contributed by atoms with Crippen molar-refractivity contribution in [3.8, 4) is 56.0 Å². The Morgan fingerprint density at radius 3 is 1.59 bits per heavy atom. The molecule has 0 N–H and O–H groups in total. The van der Waals surface area contributed by atoms with Gasteiger partial charge >= 0.3 is 0 Å². The summed E-state index contributed by atoms with van der Waals surface area (Å²) < 4.78 is 0. The van der Waals surface area contributed by atoms with Gasteiger partial charge in [0.25, 0.3) is 0 Å². The molecule has 3 heterocycles. The van der Waals surface area contributed by atoms with E-state index < -0.39 is 0 Å². The standard InChI is InChI=1S/C48H33N3/c1-48(2)39-14-8-6-12-37(39)47-44(48)43(38-13-7-9-15-42(38)51-47)34-22-18-31(19-23-34)30-16-20-33(21-17-30)41-29-27-36-25-24-35-26-28-40(32-10-4-3-5-11-32)49-45(35)46(36)50-41/h3-29H,1-2H3. The number of fused-ring (bicyclic) bond motifs is 7. The molecule has 10 rings (SSSR count). The van der Waals surface area contributed by atoms with Crippen LogP contribution in [-0.4, -0.2) is 15.0 Å². The molecule has 1 aliphatic rings. The number of rotatable bonds is 4. The predicted molar refractivity (Wildman–Crippen MR) is 212 cm³/mol. The first-order chi connectivity index (χ1) is 25.0. The Bertz CT molecular complexity index is 2800. The molecule has 240 valence electrons. The van der Waals surface area contributed by atoms with E-state index in [4.69, 9.17) is 15.0 Å². The number of para-hydroxylation sites is 1. The summed E-state index contributed by atoms with van der Waals surface area (Å²) in [4.78, 5) is 15.5. The zero-order valence-electron chi connectivity index (χ0n) is 28.4. The van der Waals surface area contributed by atoms with Crippen LogP contribution in [-0.2, 0) is 5.41 Å². The van der Waals surface area contributed by atoms with Crippen molar-refractivity contribution in [3.05, 3.63) is 175 Å². The van der Waals surface area contributed by atoms with Crippen molar-refractivity contribution in [1.29, 1.82) is 0 Å². The van der Waals surface area contributed by atoms with Gasteiger partial charge in [0.05, 0.1) is 33.6 Å². The number of pyridine rings is 3. The molecule has 0 atom stereocenters. The molecule has 0 radical (unpaired) electrons. The van der Waals surface area contributed by atoms with Crippen molar-refractivity contribution in [2.45, 2.75) is 19.3 Å². The van der Waals surface area contributed by atoms with Crippen LogP contribution in [0.25, 0.3) is 88.7 Å². The first kappa shape index (κ1) is 29.5. The van der Waals surface area contributed by atoms with E-state index in [1.54, 1.807) is 0 Å². The highest BCUT2D eigenvalue weighted by Gasteiger charge is 2.39. The second-order valence-electron chi connectivity index (χ2n) is 14.0. The van der Waals surface area contributed by atoms with Crippen LogP contribution >= 0.6 is 0 Å². The van der Waals surface area contributed by atoms with Crippen LogP contribution in [0, 0.1) is 0 Å². The summed E-state index contributed by atoms with van der Waals surface area (Å²) in [5.74, 6) is 0. The average Bonchev–Trinajstić information content (AvgIpc) is 3.42. The van der Waals surface area contributed by atoms with Crippen LogP contribution in [0.2, 0.25) is 0 Å². The van der Waals surface area contributed by atoms with Gasteiger partial charge in [0.2, 0.25) is 0 Å². The fourth-order valence-corrected chi connectivity index (χ4v) is 8.05. The molecule has 3 aromatic heterocycles. The molecular formula is C48H33N3. The summed E-state index contributed by atoms with van der Waals surface area (Å²) in [7, 11) is 0. The Kier molecular flexibility index (Phi) is 6.53. The van der Waals surface area contributed by atoms with Gasteiger partial charge in [-0.2, -0.15) is 0 Å². The third-order valence-corrected chi connectivity index (χ3v) is 10.6. The maximum Gasteiger partial charge on any atom is 0.0972 e. The highest BCUT2D eigenvalue weighted by atomic mass is 14.8. The predicted octanol–water partition coefficient (Wildman–Crippen LogP) is 12.3. The van der Waals surface area contributed by atoms with E-state index in [2.05, 4.69) is 159 Å². The van der Waals surface area contributed by atoms with E-state index in [9.17, 15) is 0 Å². The summed E-state index contributed by atoms with van der Waals surface area (Å²) >= 11 is 0. The van der Waals surface area contributed by atoms with Crippen molar-refractivity contribution in [1.82, 2.24) is 15.0 Å². The first-order valence-electron chi connectivity index (χ1n) is 17.5. The molecule has 0 bridgehead atoms. The van der Waals surface area contributed by atoms with E-state index in [0.717, 1.165) is 55.5 Å². The number of hydrogen-bond acceptors (Lipinski definition) is 3. The highest BCUT2D eigenvalue weighted by molar-refractivity contribution is 6.04. The largest absolute Gasteiger partial charge is 0.247 e. The second-order valence-corrected chi connectivity index (χ2v) is 14.0. The third kappa shape index (κ3) is 4.69. The van der Waals surface area contributed by atoms with Crippen LogP contribution < -0.4 is 0 Å². The normalized spacial score (nSPS) is 13.1. The lowest BCUT2D eigenvalue weighted by molar-refractivity contribution is 0.662. The molecule has 0 aliphatic heterocycles.